The number of benzene rings is 3. The summed E-state index contributed by atoms with van der Waals surface area (Å²) in [5.74, 6) is 0.470. The zero-order valence-corrected chi connectivity index (χ0v) is 25.4. The van der Waals surface area contributed by atoms with Crippen molar-refractivity contribution in [1.29, 1.82) is 0 Å². The largest absolute Gasteiger partial charge is 0.494 e. The van der Waals surface area contributed by atoms with Crippen LogP contribution < -0.4 is 15.0 Å². The molecule has 1 N–H and O–H groups in total. The van der Waals surface area contributed by atoms with E-state index in [1.165, 1.54) is 35.4 Å². The Morgan fingerprint density at radius 2 is 1.67 bits per heavy atom. The van der Waals surface area contributed by atoms with Gasteiger partial charge in [0.2, 0.25) is 5.91 Å². The number of nitrogens with one attached hydrogen (secondary N) is 1. The highest BCUT2D eigenvalue weighted by Crippen LogP contribution is 2.29. The van der Waals surface area contributed by atoms with Crippen molar-refractivity contribution in [3.05, 3.63) is 90.2 Å². The first-order valence-corrected chi connectivity index (χ1v) is 15.5. The van der Waals surface area contributed by atoms with Crippen LogP contribution in [0.3, 0.4) is 0 Å². The van der Waals surface area contributed by atoms with Gasteiger partial charge in [-0.3, -0.25) is 14.5 Å². The Balaban J connectivity index is 1.19. The Morgan fingerprint density at radius 1 is 0.977 bits per heavy atom. The third-order valence-electron chi connectivity index (χ3n) is 8.18. The molecule has 9 heteroatoms. The summed E-state index contributed by atoms with van der Waals surface area (Å²) in [6.07, 6.45) is 4.22. The molecule has 226 valence electrons. The Bertz CT molecular complexity index is 1380. The van der Waals surface area contributed by atoms with Crippen molar-refractivity contribution < 1.29 is 18.7 Å². The van der Waals surface area contributed by atoms with Gasteiger partial charge in [0.15, 0.2) is 5.11 Å². The van der Waals surface area contributed by atoms with Gasteiger partial charge in [-0.25, -0.2) is 4.39 Å². The van der Waals surface area contributed by atoms with E-state index >= 15 is 0 Å². The molecule has 2 aliphatic rings. The Labute approximate surface area is 258 Å². The van der Waals surface area contributed by atoms with Crippen LogP contribution in [-0.2, 0) is 16.0 Å². The number of rotatable bonds is 12. The molecule has 2 aliphatic heterocycles. The van der Waals surface area contributed by atoms with Crippen molar-refractivity contribution in [1.82, 2.24) is 9.80 Å². The molecule has 0 bridgehead atoms. The van der Waals surface area contributed by atoms with Crippen molar-refractivity contribution in [3.8, 4) is 5.75 Å². The molecule has 43 heavy (non-hydrogen) atoms. The lowest BCUT2D eigenvalue weighted by atomic mass is 9.90. The number of piperidine rings is 1. The van der Waals surface area contributed by atoms with E-state index in [0.29, 0.717) is 35.6 Å². The molecule has 3 aromatic rings. The predicted octanol–water partition coefficient (Wildman–Crippen LogP) is 5.90. The van der Waals surface area contributed by atoms with Gasteiger partial charge in [-0.2, -0.15) is 0 Å². The first kappa shape index (κ1) is 30.6. The van der Waals surface area contributed by atoms with Crippen molar-refractivity contribution in [2.24, 2.45) is 5.92 Å². The molecular formula is C34H39FN4O3S. The number of ether oxygens (including phenoxy) is 1. The number of carbonyl (C=O) groups excluding carboxylic acids is 2. The zero-order chi connectivity index (χ0) is 30.2. The van der Waals surface area contributed by atoms with Crippen LogP contribution in [0.15, 0.2) is 78.9 Å². The van der Waals surface area contributed by atoms with Crippen LogP contribution in [0, 0.1) is 11.7 Å². The summed E-state index contributed by atoms with van der Waals surface area (Å²) < 4.78 is 19.1. The number of halogens is 1. The Morgan fingerprint density at radius 3 is 2.35 bits per heavy atom. The lowest BCUT2D eigenvalue weighted by Crippen LogP contribution is -2.40. The lowest BCUT2D eigenvalue weighted by molar-refractivity contribution is -0.124. The van der Waals surface area contributed by atoms with Gasteiger partial charge in [0, 0.05) is 12.2 Å². The maximum Gasteiger partial charge on any atom is 0.256 e. The smallest absolute Gasteiger partial charge is 0.256 e. The van der Waals surface area contributed by atoms with E-state index in [1.54, 1.807) is 36.4 Å². The van der Waals surface area contributed by atoms with Crippen LogP contribution >= 0.6 is 12.2 Å². The monoisotopic (exact) mass is 602 g/mol. The van der Waals surface area contributed by atoms with Crippen LogP contribution in [0.2, 0.25) is 0 Å². The van der Waals surface area contributed by atoms with E-state index in [-0.39, 0.29) is 18.2 Å². The Hall–Kier alpha value is -3.82. The molecule has 1 atom stereocenters. The standard InChI is InChI=1S/C34H39FN4O3S/c1-2-42-30-15-11-28(12-16-30)36-32(40)24-31-33(41)39(29-13-9-27(35)10-14-29)34(43)38(31)20-6-19-37-21-17-26(18-22-37)23-25-7-4-3-5-8-25/h3-5,7-16,26,31H,2,6,17-24H2,1H3,(H,36,40). The van der Waals surface area contributed by atoms with Crippen molar-refractivity contribution in [2.45, 2.75) is 45.1 Å². The third-order valence-corrected chi connectivity index (χ3v) is 8.60. The highest BCUT2D eigenvalue weighted by atomic mass is 32.1. The number of hydrogen-bond acceptors (Lipinski definition) is 5. The summed E-state index contributed by atoms with van der Waals surface area (Å²) in [4.78, 5) is 32.5. The summed E-state index contributed by atoms with van der Waals surface area (Å²) >= 11 is 5.78. The molecule has 2 amide bonds. The van der Waals surface area contributed by atoms with Gasteiger partial charge in [0.1, 0.15) is 17.6 Å². The molecule has 0 aromatic heterocycles. The van der Waals surface area contributed by atoms with Gasteiger partial charge < -0.3 is 19.9 Å². The normalized spacial score (nSPS) is 17.9. The number of nitrogens with zero attached hydrogens (tertiary/aromatic N) is 3. The van der Waals surface area contributed by atoms with Crippen LogP contribution in [0.4, 0.5) is 15.8 Å². The van der Waals surface area contributed by atoms with E-state index in [1.807, 2.05) is 11.8 Å². The number of anilines is 2. The van der Waals surface area contributed by atoms with Gasteiger partial charge in [-0.1, -0.05) is 30.3 Å². The fraction of sp³-hybridized carbons (Fsp3) is 0.382. The second kappa shape index (κ2) is 14.6. The first-order valence-electron chi connectivity index (χ1n) is 15.1. The third kappa shape index (κ3) is 7.97. The minimum Gasteiger partial charge on any atom is -0.494 e. The number of carbonyl (C=O) groups is 2. The molecular weight excluding hydrogens is 563 g/mol. The average Bonchev–Trinajstić information content (AvgIpc) is 3.24. The van der Waals surface area contributed by atoms with Crippen LogP contribution in [0.1, 0.15) is 38.2 Å². The molecule has 0 spiro atoms. The number of likely N-dealkylation sites (tertiary alicyclic amines) is 1. The van der Waals surface area contributed by atoms with E-state index in [9.17, 15) is 14.0 Å². The van der Waals surface area contributed by atoms with Gasteiger partial charge in [0.05, 0.1) is 18.7 Å². The minimum absolute atomic E-state index is 0.0469. The van der Waals surface area contributed by atoms with Crippen molar-refractivity contribution in [2.75, 3.05) is 43.0 Å². The van der Waals surface area contributed by atoms with E-state index < -0.39 is 11.9 Å². The molecule has 3 aromatic carbocycles. The highest BCUT2D eigenvalue weighted by molar-refractivity contribution is 7.80. The fourth-order valence-electron chi connectivity index (χ4n) is 5.93. The summed E-state index contributed by atoms with van der Waals surface area (Å²) in [6, 6.07) is 22.8. The molecule has 2 fully saturated rings. The molecule has 2 saturated heterocycles. The van der Waals surface area contributed by atoms with E-state index in [2.05, 4.69) is 40.5 Å². The van der Waals surface area contributed by atoms with Crippen LogP contribution in [-0.4, -0.2) is 65.6 Å². The summed E-state index contributed by atoms with van der Waals surface area (Å²) in [6.45, 7) is 6.02. The van der Waals surface area contributed by atoms with Crippen LogP contribution in [0.5, 0.6) is 5.75 Å². The van der Waals surface area contributed by atoms with Crippen LogP contribution in [0.25, 0.3) is 0 Å². The molecule has 2 heterocycles. The molecule has 0 aliphatic carbocycles. The number of thiocarbonyl (C=S) groups is 1. The Kier molecular flexibility index (Phi) is 10.4. The maximum atomic E-state index is 13.7. The SMILES string of the molecule is CCOc1ccc(NC(=O)CC2C(=O)N(c3ccc(F)cc3)C(=S)N2CCCN2CCC(Cc3ccccc3)CC2)cc1. The topological polar surface area (TPSA) is 65.1 Å². The minimum atomic E-state index is -0.739. The predicted molar refractivity (Wildman–Crippen MR) is 172 cm³/mol. The highest BCUT2D eigenvalue weighted by Gasteiger charge is 2.44. The maximum absolute atomic E-state index is 13.7. The average molecular weight is 603 g/mol. The van der Waals surface area contributed by atoms with E-state index in [4.69, 9.17) is 17.0 Å². The number of hydrogen-bond donors (Lipinski definition) is 1. The summed E-state index contributed by atoms with van der Waals surface area (Å²) in [5, 5.41) is 3.24. The van der Waals surface area contributed by atoms with Crippen molar-refractivity contribution in [3.63, 3.8) is 0 Å². The fourth-order valence-corrected chi connectivity index (χ4v) is 6.34. The summed E-state index contributed by atoms with van der Waals surface area (Å²) in [5.41, 5.74) is 2.52. The van der Waals surface area contributed by atoms with Gasteiger partial charge >= 0.3 is 0 Å². The first-order chi connectivity index (χ1) is 20.9. The second-order valence-corrected chi connectivity index (χ2v) is 11.5. The van der Waals surface area contributed by atoms with Gasteiger partial charge in [-0.15, -0.1) is 0 Å². The second-order valence-electron chi connectivity index (χ2n) is 11.2. The zero-order valence-electron chi connectivity index (χ0n) is 24.6. The van der Waals surface area contributed by atoms with Gasteiger partial charge in [-0.05, 0) is 124 Å². The molecule has 1 unspecified atom stereocenters. The van der Waals surface area contributed by atoms with E-state index in [0.717, 1.165) is 38.2 Å². The lowest BCUT2D eigenvalue weighted by Gasteiger charge is -2.33. The van der Waals surface area contributed by atoms with Gasteiger partial charge in [0.25, 0.3) is 5.91 Å². The quantitative estimate of drug-likeness (QED) is 0.261. The molecule has 0 saturated carbocycles. The molecule has 5 rings (SSSR count). The molecule has 0 radical (unpaired) electrons. The molecule has 7 nitrogen and oxygen atoms in total. The summed E-state index contributed by atoms with van der Waals surface area (Å²) in [7, 11) is 0. The number of amides is 2. The van der Waals surface area contributed by atoms with Crippen molar-refractivity contribution >= 4 is 40.5 Å².